The van der Waals surface area contributed by atoms with Crippen molar-refractivity contribution in [2.75, 3.05) is 37.8 Å². The zero-order valence-electron chi connectivity index (χ0n) is 11.1. The van der Waals surface area contributed by atoms with Crippen LogP contribution < -0.4 is 9.47 Å². The molecule has 0 radical (unpaired) electrons. The minimum atomic E-state index is -0.812. The average Bonchev–Trinajstić information content (AvgIpc) is 2.48. The second-order valence-corrected chi connectivity index (χ2v) is 6.02. The van der Waals surface area contributed by atoms with Gasteiger partial charge in [0, 0.05) is 24.6 Å². The Bertz CT molecular complexity index is 502. The number of hydrogen-bond donors (Lipinski definition) is 1. The summed E-state index contributed by atoms with van der Waals surface area (Å²) in [5, 5.41) is 9.56. The molecule has 108 valence electrons. The molecule has 0 aromatic heterocycles. The van der Waals surface area contributed by atoms with Crippen LogP contribution in [0.3, 0.4) is 0 Å². The molecule has 0 aliphatic carbocycles. The summed E-state index contributed by atoms with van der Waals surface area (Å²) in [5.41, 5.74) is 0.758. The van der Waals surface area contributed by atoms with Gasteiger partial charge in [0.15, 0.2) is 11.5 Å². The van der Waals surface area contributed by atoms with Crippen molar-refractivity contribution < 1.29 is 19.4 Å². The molecule has 1 atom stereocenters. The predicted octanol–water partition coefficient (Wildman–Crippen LogP) is 1.63. The highest BCUT2D eigenvalue weighted by Gasteiger charge is 2.29. The van der Waals surface area contributed by atoms with Gasteiger partial charge in [-0.1, -0.05) is 6.07 Å². The van der Waals surface area contributed by atoms with Gasteiger partial charge in [0.05, 0.1) is 0 Å². The standard InChI is InChI=1S/C14H17NO4S/c16-14(17)13(15-3-7-20-8-4-15)10-1-2-11-12(9-10)19-6-5-18-11/h1-2,9,13H,3-8H2,(H,16,17)/t13-/m1/s1. The van der Waals surface area contributed by atoms with E-state index in [0.717, 1.165) is 30.2 Å². The third-order valence-electron chi connectivity index (χ3n) is 3.53. The van der Waals surface area contributed by atoms with Crippen molar-refractivity contribution in [3.8, 4) is 11.5 Å². The number of hydrogen-bond acceptors (Lipinski definition) is 5. The number of carboxylic acids is 1. The molecule has 1 N–H and O–H groups in total. The van der Waals surface area contributed by atoms with Gasteiger partial charge in [0.2, 0.25) is 0 Å². The molecule has 0 amide bonds. The van der Waals surface area contributed by atoms with Crippen LogP contribution in [0.2, 0.25) is 0 Å². The van der Waals surface area contributed by atoms with E-state index in [0.29, 0.717) is 24.7 Å². The lowest BCUT2D eigenvalue weighted by Crippen LogP contribution is -2.39. The molecule has 0 saturated carbocycles. The summed E-state index contributed by atoms with van der Waals surface area (Å²) >= 11 is 1.87. The lowest BCUT2D eigenvalue weighted by molar-refractivity contribution is -0.143. The monoisotopic (exact) mass is 295 g/mol. The van der Waals surface area contributed by atoms with Gasteiger partial charge in [-0.3, -0.25) is 9.69 Å². The summed E-state index contributed by atoms with van der Waals surface area (Å²) in [4.78, 5) is 13.7. The molecule has 1 fully saturated rings. The van der Waals surface area contributed by atoms with Gasteiger partial charge < -0.3 is 14.6 Å². The molecular weight excluding hydrogens is 278 g/mol. The lowest BCUT2D eigenvalue weighted by Gasteiger charge is -2.32. The summed E-state index contributed by atoms with van der Waals surface area (Å²) < 4.78 is 11.0. The van der Waals surface area contributed by atoms with E-state index in [9.17, 15) is 9.90 Å². The van der Waals surface area contributed by atoms with Gasteiger partial charge in [-0.2, -0.15) is 11.8 Å². The van der Waals surface area contributed by atoms with E-state index in [2.05, 4.69) is 0 Å². The number of benzene rings is 1. The first-order chi connectivity index (χ1) is 9.75. The minimum absolute atomic E-state index is 0.508. The predicted molar refractivity (Wildman–Crippen MR) is 76.7 cm³/mol. The van der Waals surface area contributed by atoms with Crippen molar-refractivity contribution in [1.29, 1.82) is 0 Å². The maximum Gasteiger partial charge on any atom is 0.325 e. The van der Waals surface area contributed by atoms with Crippen molar-refractivity contribution in [1.82, 2.24) is 4.90 Å². The Hall–Kier alpha value is -1.40. The van der Waals surface area contributed by atoms with Crippen molar-refractivity contribution in [2.24, 2.45) is 0 Å². The number of nitrogens with zero attached hydrogens (tertiary/aromatic N) is 1. The Morgan fingerprint density at radius 2 is 1.90 bits per heavy atom. The maximum absolute atomic E-state index is 11.6. The van der Waals surface area contributed by atoms with Crippen LogP contribution in [0.25, 0.3) is 0 Å². The summed E-state index contributed by atoms with van der Waals surface area (Å²) in [6.45, 7) is 2.65. The Morgan fingerprint density at radius 3 is 2.60 bits per heavy atom. The van der Waals surface area contributed by atoms with E-state index in [4.69, 9.17) is 9.47 Å². The highest BCUT2D eigenvalue weighted by molar-refractivity contribution is 7.99. The van der Waals surface area contributed by atoms with Crippen molar-refractivity contribution in [3.63, 3.8) is 0 Å². The molecule has 6 heteroatoms. The van der Waals surface area contributed by atoms with Crippen LogP contribution in [0.5, 0.6) is 11.5 Å². The number of fused-ring (bicyclic) bond motifs is 1. The Labute approximate surface area is 121 Å². The van der Waals surface area contributed by atoms with Crippen LogP contribution in [0.4, 0.5) is 0 Å². The SMILES string of the molecule is O=C(O)[C@@H](c1ccc2c(c1)OCCO2)N1CCSCC1. The number of thioether (sulfide) groups is 1. The third kappa shape index (κ3) is 2.71. The van der Waals surface area contributed by atoms with E-state index >= 15 is 0 Å². The fraction of sp³-hybridized carbons (Fsp3) is 0.500. The van der Waals surface area contributed by atoms with Gasteiger partial charge in [0.25, 0.3) is 0 Å². The van der Waals surface area contributed by atoms with Crippen LogP contribution in [0.1, 0.15) is 11.6 Å². The Balaban J connectivity index is 1.88. The van der Waals surface area contributed by atoms with E-state index in [-0.39, 0.29) is 0 Å². The van der Waals surface area contributed by atoms with Gasteiger partial charge >= 0.3 is 5.97 Å². The van der Waals surface area contributed by atoms with Crippen molar-refractivity contribution in [3.05, 3.63) is 23.8 Å². The second-order valence-electron chi connectivity index (χ2n) is 4.79. The quantitative estimate of drug-likeness (QED) is 0.914. The molecule has 2 heterocycles. The van der Waals surface area contributed by atoms with Crippen LogP contribution >= 0.6 is 11.8 Å². The number of ether oxygens (including phenoxy) is 2. The summed E-state index contributed by atoms with van der Waals surface area (Å²) in [5.74, 6) is 2.49. The average molecular weight is 295 g/mol. The molecule has 0 unspecified atom stereocenters. The second kappa shape index (κ2) is 5.93. The fourth-order valence-electron chi connectivity index (χ4n) is 2.58. The van der Waals surface area contributed by atoms with Crippen LogP contribution in [0, 0.1) is 0 Å². The first-order valence-electron chi connectivity index (χ1n) is 6.70. The normalized spacial score (nSPS) is 20.4. The van der Waals surface area contributed by atoms with E-state index in [1.54, 1.807) is 12.1 Å². The van der Waals surface area contributed by atoms with E-state index in [1.165, 1.54) is 0 Å². The van der Waals surface area contributed by atoms with Crippen molar-refractivity contribution in [2.45, 2.75) is 6.04 Å². The third-order valence-corrected chi connectivity index (χ3v) is 4.47. The smallest absolute Gasteiger partial charge is 0.325 e. The topological polar surface area (TPSA) is 59.0 Å². The zero-order valence-corrected chi connectivity index (χ0v) is 11.9. The number of carboxylic acid groups (broad SMARTS) is 1. The van der Waals surface area contributed by atoms with E-state index < -0.39 is 12.0 Å². The van der Waals surface area contributed by atoms with Crippen LogP contribution in [-0.4, -0.2) is 53.8 Å². The molecule has 0 spiro atoms. The first-order valence-corrected chi connectivity index (χ1v) is 7.85. The first kappa shape index (κ1) is 13.6. The zero-order chi connectivity index (χ0) is 13.9. The molecular formula is C14H17NO4S. The molecule has 1 saturated heterocycles. The minimum Gasteiger partial charge on any atom is -0.486 e. The van der Waals surface area contributed by atoms with Gasteiger partial charge in [0.1, 0.15) is 19.3 Å². The van der Waals surface area contributed by atoms with Crippen LogP contribution in [-0.2, 0) is 4.79 Å². The number of carbonyl (C=O) groups is 1. The van der Waals surface area contributed by atoms with Gasteiger partial charge in [-0.15, -0.1) is 0 Å². The molecule has 2 aliphatic rings. The summed E-state index contributed by atoms with van der Waals surface area (Å²) in [6.07, 6.45) is 0. The number of rotatable bonds is 3. The van der Waals surface area contributed by atoms with Gasteiger partial charge in [-0.25, -0.2) is 0 Å². The lowest BCUT2D eigenvalue weighted by atomic mass is 10.0. The van der Waals surface area contributed by atoms with Crippen LogP contribution in [0.15, 0.2) is 18.2 Å². The molecule has 20 heavy (non-hydrogen) atoms. The molecule has 3 rings (SSSR count). The maximum atomic E-state index is 11.6. The largest absolute Gasteiger partial charge is 0.486 e. The van der Waals surface area contributed by atoms with Crippen molar-refractivity contribution >= 4 is 17.7 Å². The molecule has 5 nitrogen and oxygen atoms in total. The number of aliphatic carboxylic acids is 1. The molecule has 2 aliphatic heterocycles. The summed E-state index contributed by atoms with van der Waals surface area (Å²) in [7, 11) is 0. The Morgan fingerprint density at radius 1 is 1.20 bits per heavy atom. The molecule has 1 aromatic carbocycles. The fourth-order valence-corrected chi connectivity index (χ4v) is 3.51. The van der Waals surface area contributed by atoms with Gasteiger partial charge in [-0.05, 0) is 17.7 Å². The highest BCUT2D eigenvalue weighted by Crippen LogP contribution is 2.34. The Kier molecular flexibility index (Phi) is 4.03. The molecule has 1 aromatic rings. The summed E-state index contributed by atoms with van der Waals surface area (Å²) in [6, 6.07) is 4.83. The highest BCUT2D eigenvalue weighted by atomic mass is 32.2. The molecule has 0 bridgehead atoms. The van der Waals surface area contributed by atoms with E-state index in [1.807, 2.05) is 22.7 Å².